The molecule has 27 heavy (non-hydrogen) atoms. The lowest BCUT2D eigenvalue weighted by Gasteiger charge is -2.10. The number of para-hydroxylation sites is 1. The topological polar surface area (TPSA) is 81.4 Å². The van der Waals surface area contributed by atoms with E-state index in [1.165, 1.54) is 0 Å². The van der Waals surface area contributed by atoms with E-state index in [1.807, 2.05) is 24.3 Å². The van der Waals surface area contributed by atoms with Crippen LogP contribution < -0.4 is 9.47 Å². The summed E-state index contributed by atoms with van der Waals surface area (Å²) in [6, 6.07) is 21.0. The molecule has 6 heteroatoms. The number of benzene rings is 2. The van der Waals surface area contributed by atoms with Crippen LogP contribution in [0, 0.1) is 11.3 Å². The molecule has 2 aromatic carbocycles. The van der Waals surface area contributed by atoms with Crippen LogP contribution >= 0.6 is 0 Å². The van der Waals surface area contributed by atoms with Crippen molar-refractivity contribution in [1.82, 2.24) is 4.98 Å². The molecule has 0 aliphatic heterocycles. The molecule has 0 aliphatic carbocycles. The largest absolute Gasteiger partial charge is 0.490 e. The normalized spacial score (nSPS) is 9.89. The Labute approximate surface area is 156 Å². The quantitative estimate of drug-likeness (QED) is 0.468. The molecule has 0 unspecified atom stereocenters. The molecule has 3 aromatic rings. The van der Waals surface area contributed by atoms with Crippen molar-refractivity contribution in [3.8, 4) is 23.4 Å². The first-order valence-corrected chi connectivity index (χ1v) is 8.24. The smallest absolute Gasteiger partial charge is 0.343 e. The third-order valence-electron chi connectivity index (χ3n) is 3.52. The molecule has 0 spiro atoms. The second-order valence-electron chi connectivity index (χ2n) is 5.39. The van der Waals surface area contributed by atoms with Crippen molar-refractivity contribution in [2.75, 3.05) is 13.2 Å². The number of carbonyl (C=O) groups excluding carboxylic acids is 1. The van der Waals surface area contributed by atoms with Crippen molar-refractivity contribution in [3.05, 3.63) is 84.1 Å². The fourth-order valence-electron chi connectivity index (χ4n) is 2.22. The summed E-state index contributed by atoms with van der Waals surface area (Å²) >= 11 is 0. The van der Waals surface area contributed by atoms with Crippen molar-refractivity contribution >= 4 is 5.97 Å². The molecule has 134 valence electrons. The van der Waals surface area contributed by atoms with E-state index in [4.69, 9.17) is 19.5 Å². The summed E-state index contributed by atoms with van der Waals surface area (Å²) in [7, 11) is 0. The summed E-state index contributed by atoms with van der Waals surface area (Å²) in [5.41, 5.74) is 0.788. The third-order valence-corrected chi connectivity index (χ3v) is 3.52. The Morgan fingerprint density at radius 2 is 1.70 bits per heavy atom. The Hall–Kier alpha value is -3.85. The maximum absolute atomic E-state index is 12.3. The number of ether oxygens (including phenoxy) is 3. The molecule has 0 N–H and O–H groups in total. The molecule has 0 amide bonds. The Morgan fingerprint density at radius 1 is 0.926 bits per heavy atom. The molecule has 0 radical (unpaired) electrons. The minimum atomic E-state index is -0.544. The number of esters is 1. The van der Waals surface area contributed by atoms with Gasteiger partial charge in [0.05, 0.1) is 11.6 Å². The molecule has 3 rings (SSSR count). The standard InChI is InChI=1S/C21H16N2O4/c22-15-16-8-10-17(11-9-16)25-13-14-26-21(24)19-7-4-12-23-20(19)27-18-5-2-1-3-6-18/h1-12H,13-14H2. The minimum absolute atomic E-state index is 0.0680. The second kappa shape index (κ2) is 9.02. The predicted molar refractivity (Wildman–Crippen MR) is 97.7 cm³/mol. The number of hydrogen-bond acceptors (Lipinski definition) is 6. The van der Waals surface area contributed by atoms with E-state index in [9.17, 15) is 4.79 Å². The number of aromatic nitrogens is 1. The highest BCUT2D eigenvalue weighted by Gasteiger charge is 2.15. The first-order valence-electron chi connectivity index (χ1n) is 8.24. The van der Waals surface area contributed by atoms with Crippen LogP contribution in [0.2, 0.25) is 0 Å². The van der Waals surface area contributed by atoms with Crippen LogP contribution in [0.3, 0.4) is 0 Å². The number of carbonyl (C=O) groups is 1. The molecule has 1 aromatic heterocycles. The van der Waals surface area contributed by atoms with Crippen LogP contribution in [0.25, 0.3) is 0 Å². The average molecular weight is 360 g/mol. The van der Waals surface area contributed by atoms with Crippen molar-refractivity contribution in [1.29, 1.82) is 5.26 Å². The van der Waals surface area contributed by atoms with Crippen molar-refractivity contribution < 1.29 is 19.0 Å². The van der Waals surface area contributed by atoms with Gasteiger partial charge in [-0.25, -0.2) is 9.78 Å². The minimum Gasteiger partial charge on any atom is -0.490 e. The second-order valence-corrected chi connectivity index (χ2v) is 5.39. The van der Waals surface area contributed by atoms with Crippen molar-refractivity contribution in [3.63, 3.8) is 0 Å². The average Bonchev–Trinajstić information content (AvgIpc) is 2.72. The van der Waals surface area contributed by atoms with Gasteiger partial charge in [-0.1, -0.05) is 18.2 Å². The van der Waals surface area contributed by atoms with Gasteiger partial charge in [-0.2, -0.15) is 5.26 Å². The Bertz CT molecular complexity index is 934. The summed E-state index contributed by atoms with van der Waals surface area (Å²) in [4.78, 5) is 16.4. The number of pyridine rings is 1. The van der Waals surface area contributed by atoms with Gasteiger partial charge in [-0.3, -0.25) is 0 Å². The molecule has 1 heterocycles. The van der Waals surface area contributed by atoms with Gasteiger partial charge in [-0.15, -0.1) is 0 Å². The first kappa shape index (κ1) is 18.0. The van der Waals surface area contributed by atoms with Gasteiger partial charge in [0, 0.05) is 6.20 Å². The molecule has 0 atom stereocenters. The third kappa shape index (κ3) is 5.06. The Morgan fingerprint density at radius 3 is 2.44 bits per heavy atom. The van der Waals surface area contributed by atoms with E-state index >= 15 is 0 Å². The van der Waals surface area contributed by atoms with E-state index < -0.39 is 5.97 Å². The van der Waals surface area contributed by atoms with Gasteiger partial charge in [0.25, 0.3) is 0 Å². The molecule has 0 saturated heterocycles. The predicted octanol–water partition coefficient (Wildman–Crippen LogP) is 3.98. The van der Waals surface area contributed by atoms with Gasteiger partial charge in [-0.05, 0) is 48.5 Å². The lowest BCUT2D eigenvalue weighted by Crippen LogP contribution is -2.13. The lowest BCUT2D eigenvalue weighted by atomic mass is 10.2. The fraction of sp³-hybridized carbons (Fsp3) is 0.0952. The highest BCUT2D eigenvalue weighted by atomic mass is 16.6. The summed E-state index contributed by atoms with van der Waals surface area (Å²) < 4.78 is 16.4. The molecular formula is C21H16N2O4. The van der Waals surface area contributed by atoms with Crippen molar-refractivity contribution in [2.24, 2.45) is 0 Å². The van der Waals surface area contributed by atoms with Crippen LogP contribution in [0.1, 0.15) is 15.9 Å². The summed E-state index contributed by atoms with van der Waals surface area (Å²) in [5, 5.41) is 8.76. The maximum atomic E-state index is 12.3. The summed E-state index contributed by atoms with van der Waals surface area (Å²) in [6.45, 7) is 0.255. The zero-order valence-corrected chi connectivity index (χ0v) is 14.4. The van der Waals surface area contributed by atoms with E-state index in [1.54, 1.807) is 54.7 Å². The zero-order chi connectivity index (χ0) is 18.9. The highest BCUT2D eigenvalue weighted by molar-refractivity contribution is 5.91. The highest BCUT2D eigenvalue weighted by Crippen LogP contribution is 2.23. The maximum Gasteiger partial charge on any atom is 0.343 e. The number of nitriles is 1. The SMILES string of the molecule is N#Cc1ccc(OCCOC(=O)c2cccnc2Oc2ccccc2)cc1. The van der Waals surface area contributed by atoms with Gasteiger partial charge in [0.15, 0.2) is 0 Å². The van der Waals surface area contributed by atoms with E-state index in [2.05, 4.69) is 4.98 Å². The monoisotopic (exact) mass is 360 g/mol. The molecular weight excluding hydrogens is 344 g/mol. The fourth-order valence-corrected chi connectivity index (χ4v) is 2.22. The zero-order valence-electron chi connectivity index (χ0n) is 14.4. The van der Waals surface area contributed by atoms with Crippen LogP contribution in [-0.4, -0.2) is 24.2 Å². The van der Waals surface area contributed by atoms with Crippen LogP contribution in [0.5, 0.6) is 17.4 Å². The summed E-state index contributed by atoms with van der Waals surface area (Å²) in [6.07, 6.45) is 1.54. The van der Waals surface area contributed by atoms with Crippen molar-refractivity contribution in [2.45, 2.75) is 0 Å². The van der Waals surface area contributed by atoms with Gasteiger partial charge in [0.1, 0.15) is 30.3 Å². The molecule has 0 bridgehead atoms. The Kier molecular flexibility index (Phi) is 6.00. The number of hydrogen-bond donors (Lipinski definition) is 0. The molecule has 0 fully saturated rings. The van der Waals surface area contributed by atoms with Gasteiger partial charge < -0.3 is 14.2 Å². The van der Waals surface area contributed by atoms with Crippen LogP contribution in [0.4, 0.5) is 0 Å². The molecule has 6 nitrogen and oxygen atoms in total. The Balaban J connectivity index is 1.54. The van der Waals surface area contributed by atoms with Crippen LogP contribution in [0.15, 0.2) is 72.9 Å². The summed E-state index contributed by atoms with van der Waals surface area (Å²) in [5.74, 6) is 0.813. The number of nitrogens with zero attached hydrogens (tertiary/aromatic N) is 2. The molecule has 0 aliphatic rings. The van der Waals surface area contributed by atoms with Gasteiger partial charge in [0.2, 0.25) is 5.88 Å². The lowest BCUT2D eigenvalue weighted by molar-refractivity contribution is 0.0447. The number of rotatable bonds is 7. The first-order chi connectivity index (χ1) is 13.3. The van der Waals surface area contributed by atoms with E-state index in [0.29, 0.717) is 17.1 Å². The molecule has 0 saturated carbocycles. The van der Waals surface area contributed by atoms with E-state index in [-0.39, 0.29) is 24.7 Å². The van der Waals surface area contributed by atoms with Gasteiger partial charge >= 0.3 is 5.97 Å². The van der Waals surface area contributed by atoms with Crippen LogP contribution in [-0.2, 0) is 4.74 Å². The van der Waals surface area contributed by atoms with E-state index in [0.717, 1.165) is 0 Å².